The summed E-state index contributed by atoms with van der Waals surface area (Å²) in [7, 11) is 0. The van der Waals surface area contributed by atoms with Crippen molar-refractivity contribution in [2.75, 3.05) is 0 Å². The van der Waals surface area contributed by atoms with Crippen LogP contribution in [-0.2, 0) is 6.54 Å². The second-order valence-electron chi connectivity index (χ2n) is 6.50. The Morgan fingerprint density at radius 1 is 1.04 bits per heavy atom. The summed E-state index contributed by atoms with van der Waals surface area (Å²) in [5, 5.41) is 0.746. The third-order valence-electron chi connectivity index (χ3n) is 4.62. The molecule has 3 nitrogen and oxygen atoms in total. The predicted octanol–water partition coefficient (Wildman–Crippen LogP) is 6.12. The maximum atomic E-state index is 6.03. The monoisotopic (exact) mass is 362 g/mol. The van der Waals surface area contributed by atoms with Gasteiger partial charge >= 0.3 is 0 Å². The van der Waals surface area contributed by atoms with Crippen LogP contribution >= 0.6 is 11.6 Å². The zero-order valence-corrected chi connectivity index (χ0v) is 15.5. The Hall–Kier alpha value is -2.78. The first kappa shape index (κ1) is 16.7. The topological polar surface area (TPSA) is 31.0 Å². The number of hydrogen-bond donors (Lipinski definition) is 0. The average molecular weight is 363 g/mol. The number of halogens is 1. The van der Waals surface area contributed by atoms with Crippen LogP contribution in [0.2, 0.25) is 5.02 Å². The predicted molar refractivity (Wildman–Crippen MR) is 107 cm³/mol. The Balaban J connectivity index is 1.82. The maximum absolute atomic E-state index is 6.03. The normalized spacial score (nSPS) is 11.7. The molecule has 0 N–H and O–H groups in total. The number of nitrogens with zero attached hydrogens (tertiary/aromatic N) is 2. The van der Waals surface area contributed by atoms with Crippen molar-refractivity contribution in [2.24, 2.45) is 0 Å². The summed E-state index contributed by atoms with van der Waals surface area (Å²) >= 11 is 6.03. The number of aromatic nitrogens is 2. The lowest BCUT2D eigenvalue weighted by Gasteiger charge is -2.09. The van der Waals surface area contributed by atoms with Crippen LogP contribution in [0, 0.1) is 13.8 Å². The lowest BCUT2D eigenvalue weighted by molar-refractivity contribution is 0.567. The molecule has 26 heavy (non-hydrogen) atoms. The van der Waals surface area contributed by atoms with Crippen LogP contribution in [-0.4, -0.2) is 9.55 Å². The summed E-state index contributed by atoms with van der Waals surface area (Å²) in [5.74, 6) is 0.918. The molecule has 4 rings (SSSR count). The highest BCUT2D eigenvalue weighted by Gasteiger charge is 2.11. The Labute approximate surface area is 157 Å². The Bertz CT molecular complexity index is 1070. The van der Waals surface area contributed by atoms with Crippen LogP contribution in [0.4, 0.5) is 0 Å². The smallest absolute Gasteiger partial charge is 0.134 e. The minimum atomic E-state index is 0.737. The molecule has 0 saturated carbocycles. The molecule has 0 radical (unpaired) electrons. The highest BCUT2D eigenvalue weighted by Crippen LogP contribution is 2.24. The Kier molecular flexibility index (Phi) is 4.39. The Morgan fingerprint density at radius 3 is 2.54 bits per heavy atom. The van der Waals surface area contributed by atoms with Gasteiger partial charge in [-0.1, -0.05) is 23.7 Å². The van der Waals surface area contributed by atoms with Crippen LogP contribution in [0.15, 0.2) is 59.4 Å². The standard InChI is InChI=1S/C22H19ClN2O/c1-15-11-20-21(12-16(15)2)25(13-17-3-6-19(23)7-4-17)22(24-20)8-5-18-9-10-26-14-18/h3-12,14H,13H2,1-2H3. The zero-order valence-electron chi connectivity index (χ0n) is 14.7. The van der Waals surface area contributed by atoms with Crippen molar-refractivity contribution in [2.45, 2.75) is 20.4 Å². The van der Waals surface area contributed by atoms with Gasteiger partial charge in [-0.2, -0.15) is 0 Å². The summed E-state index contributed by atoms with van der Waals surface area (Å²) in [5.41, 5.74) is 6.86. The zero-order chi connectivity index (χ0) is 18.1. The van der Waals surface area contributed by atoms with E-state index in [0.717, 1.165) is 34.0 Å². The number of aryl methyl sites for hydroxylation is 2. The molecule has 2 aromatic heterocycles. The largest absolute Gasteiger partial charge is 0.472 e. The van der Waals surface area contributed by atoms with Gasteiger partial charge in [0.15, 0.2) is 0 Å². The molecule has 0 fully saturated rings. The molecule has 0 amide bonds. The SMILES string of the molecule is Cc1cc2nc(C=Cc3ccoc3)n(Cc3ccc(Cl)cc3)c2cc1C. The summed E-state index contributed by atoms with van der Waals surface area (Å²) in [4.78, 5) is 4.85. The van der Waals surface area contributed by atoms with Crippen LogP contribution < -0.4 is 0 Å². The number of imidazole rings is 1. The first-order chi connectivity index (χ1) is 12.6. The van der Waals surface area contributed by atoms with Crippen molar-refractivity contribution in [3.8, 4) is 0 Å². The van der Waals surface area contributed by atoms with Crippen molar-refractivity contribution in [3.05, 3.63) is 88.1 Å². The highest BCUT2D eigenvalue weighted by molar-refractivity contribution is 6.30. The number of furan rings is 1. The number of hydrogen-bond acceptors (Lipinski definition) is 2. The third-order valence-corrected chi connectivity index (χ3v) is 4.87. The molecule has 0 aliphatic rings. The van der Waals surface area contributed by atoms with Crippen LogP contribution in [0.3, 0.4) is 0 Å². The van der Waals surface area contributed by atoms with Crippen molar-refractivity contribution in [3.63, 3.8) is 0 Å². The van der Waals surface area contributed by atoms with Gasteiger partial charge < -0.3 is 8.98 Å². The van der Waals surface area contributed by atoms with Gasteiger partial charge in [0.2, 0.25) is 0 Å². The van der Waals surface area contributed by atoms with E-state index in [-0.39, 0.29) is 0 Å². The van der Waals surface area contributed by atoms with Gasteiger partial charge in [0.05, 0.1) is 23.6 Å². The van der Waals surface area contributed by atoms with Crippen molar-refractivity contribution in [1.82, 2.24) is 9.55 Å². The molecule has 2 heterocycles. The second kappa shape index (κ2) is 6.85. The molecule has 4 aromatic rings. The van der Waals surface area contributed by atoms with Crippen molar-refractivity contribution < 1.29 is 4.42 Å². The van der Waals surface area contributed by atoms with E-state index in [1.54, 1.807) is 12.5 Å². The number of rotatable bonds is 4. The summed E-state index contributed by atoms with van der Waals surface area (Å²) in [6, 6.07) is 14.2. The van der Waals surface area contributed by atoms with E-state index >= 15 is 0 Å². The average Bonchev–Trinajstić information content (AvgIpc) is 3.25. The molecule has 0 aliphatic carbocycles. The third kappa shape index (κ3) is 3.31. The van der Waals surface area contributed by atoms with Gasteiger partial charge in [-0.25, -0.2) is 4.98 Å². The van der Waals surface area contributed by atoms with E-state index in [4.69, 9.17) is 21.0 Å². The van der Waals surface area contributed by atoms with Crippen molar-refractivity contribution >= 4 is 34.8 Å². The molecule has 4 heteroatoms. The van der Waals surface area contributed by atoms with Gasteiger partial charge in [-0.05, 0) is 73.0 Å². The lowest BCUT2D eigenvalue weighted by atomic mass is 10.1. The first-order valence-corrected chi connectivity index (χ1v) is 8.90. The van der Waals surface area contributed by atoms with Gasteiger partial charge in [0, 0.05) is 17.1 Å². The van der Waals surface area contributed by atoms with Crippen LogP contribution in [0.25, 0.3) is 23.2 Å². The van der Waals surface area contributed by atoms with Crippen LogP contribution in [0.5, 0.6) is 0 Å². The van der Waals surface area contributed by atoms with E-state index in [2.05, 4.69) is 42.7 Å². The number of fused-ring (bicyclic) bond motifs is 1. The molecule has 2 aromatic carbocycles. The molecular formula is C22H19ClN2O. The minimum Gasteiger partial charge on any atom is -0.472 e. The minimum absolute atomic E-state index is 0.737. The van der Waals surface area contributed by atoms with Gasteiger partial charge in [0.25, 0.3) is 0 Å². The fourth-order valence-electron chi connectivity index (χ4n) is 3.01. The fraction of sp³-hybridized carbons (Fsp3) is 0.136. The molecule has 0 atom stereocenters. The van der Waals surface area contributed by atoms with E-state index in [1.165, 1.54) is 16.7 Å². The van der Waals surface area contributed by atoms with Crippen LogP contribution in [0.1, 0.15) is 28.1 Å². The second-order valence-corrected chi connectivity index (χ2v) is 6.93. The van der Waals surface area contributed by atoms with E-state index in [9.17, 15) is 0 Å². The molecule has 0 unspecified atom stereocenters. The van der Waals surface area contributed by atoms with Gasteiger partial charge in [0.1, 0.15) is 5.82 Å². The van der Waals surface area contributed by atoms with E-state index in [1.807, 2.05) is 30.4 Å². The first-order valence-electron chi connectivity index (χ1n) is 8.52. The van der Waals surface area contributed by atoms with Gasteiger partial charge in [-0.15, -0.1) is 0 Å². The fourth-order valence-corrected chi connectivity index (χ4v) is 3.13. The molecule has 0 saturated heterocycles. The Morgan fingerprint density at radius 2 is 1.81 bits per heavy atom. The lowest BCUT2D eigenvalue weighted by Crippen LogP contribution is -2.02. The van der Waals surface area contributed by atoms with E-state index in [0.29, 0.717) is 0 Å². The van der Waals surface area contributed by atoms with Gasteiger partial charge in [-0.3, -0.25) is 0 Å². The van der Waals surface area contributed by atoms with Crippen molar-refractivity contribution in [1.29, 1.82) is 0 Å². The highest BCUT2D eigenvalue weighted by atomic mass is 35.5. The molecular weight excluding hydrogens is 344 g/mol. The quantitative estimate of drug-likeness (QED) is 0.438. The van der Waals surface area contributed by atoms with E-state index < -0.39 is 0 Å². The molecule has 0 bridgehead atoms. The number of benzene rings is 2. The summed E-state index contributed by atoms with van der Waals surface area (Å²) < 4.78 is 7.38. The maximum Gasteiger partial charge on any atom is 0.134 e. The summed E-state index contributed by atoms with van der Waals surface area (Å²) in [6.45, 7) is 4.99. The summed E-state index contributed by atoms with van der Waals surface area (Å²) in [6.07, 6.45) is 7.44. The molecule has 130 valence electrons. The molecule has 0 spiro atoms. The molecule has 0 aliphatic heterocycles.